The van der Waals surface area contributed by atoms with Gasteiger partial charge in [-0.25, -0.2) is 15.0 Å². The molecule has 1 heterocycles. The van der Waals surface area contributed by atoms with Crippen LogP contribution in [-0.2, 0) is 6.42 Å². The Hall–Kier alpha value is -5.67. The highest BCUT2D eigenvalue weighted by atomic mass is 15.0. The molecule has 0 radical (unpaired) electrons. The van der Waals surface area contributed by atoms with Gasteiger partial charge in [0.25, 0.3) is 0 Å². The zero-order valence-corrected chi connectivity index (χ0v) is 23.3. The Labute approximate surface area is 249 Å². The predicted molar refractivity (Wildman–Crippen MR) is 177 cm³/mol. The summed E-state index contributed by atoms with van der Waals surface area (Å²) >= 11 is 0. The van der Waals surface area contributed by atoms with Gasteiger partial charge in [-0.3, -0.25) is 0 Å². The molecule has 200 valence electrons. The normalized spacial score (nSPS) is 12.1. The van der Waals surface area contributed by atoms with Crippen molar-refractivity contribution in [2.45, 2.75) is 6.42 Å². The maximum atomic E-state index is 5.01. The van der Waals surface area contributed by atoms with E-state index >= 15 is 0 Å². The molecule has 0 bridgehead atoms. The largest absolute Gasteiger partial charge is 0.208 e. The van der Waals surface area contributed by atoms with Crippen LogP contribution in [0.25, 0.3) is 77.6 Å². The summed E-state index contributed by atoms with van der Waals surface area (Å²) in [6, 6.07) is 49.3. The van der Waals surface area contributed by atoms with Crippen LogP contribution in [0.4, 0.5) is 0 Å². The van der Waals surface area contributed by atoms with Crippen molar-refractivity contribution in [1.82, 2.24) is 15.0 Å². The fourth-order valence-electron chi connectivity index (χ4n) is 6.74. The van der Waals surface area contributed by atoms with Crippen LogP contribution in [0, 0.1) is 0 Å². The van der Waals surface area contributed by atoms with Gasteiger partial charge in [-0.05, 0) is 67.1 Å². The number of nitrogens with zero attached hydrogens (tertiary/aromatic N) is 3. The highest BCUT2D eigenvalue weighted by Gasteiger charge is 2.23. The van der Waals surface area contributed by atoms with Crippen molar-refractivity contribution in [3.63, 3.8) is 0 Å². The third kappa shape index (κ3) is 3.79. The lowest BCUT2D eigenvalue weighted by Crippen LogP contribution is -2.00. The molecule has 43 heavy (non-hydrogen) atoms. The Bertz CT molecular complexity index is 2300. The summed E-state index contributed by atoms with van der Waals surface area (Å²) in [6.07, 6.45) is 0.975. The van der Waals surface area contributed by atoms with Crippen molar-refractivity contribution in [1.29, 1.82) is 0 Å². The van der Waals surface area contributed by atoms with E-state index in [-0.39, 0.29) is 0 Å². The van der Waals surface area contributed by atoms with Crippen LogP contribution in [0.5, 0.6) is 0 Å². The van der Waals surface area contributed by atoms with Crippen LogP contribution in [-0.4, -0.2) is 15.0 Å². The predicted octanol–water partition coefficient (Wildman–Crippen LogP) is 9.90. The summed E-state index contributed by atoms with van der Waals surface area (Å²) in [7, 11) is 0. The minimum atomic E-state index is 0.669. The van der Waals surface area contributed by atoms with Gasteiger partial charge in [0.15, 0.2) is 17.5 Å². The fraction of sp³-hybridized carbons (Fsp3) is 0.0250. The van der Waals surface area contributed by atoms with Crippen LogP contribution in [0.3, 0.4) is 0 Å². The molecule has 8 aromatic rings. The van der Waals surface area contributed by atoms with E-state index in [1.807, 2.05) is 60.7 Å². The fourth-order valence-corrected chi connectivity index (χ4v) is 6.74. The van der Waals surface area contributed by atoms with Gasteiger partial charge < -0.3 is 0 Å². The minimum Gasteiger partial charge on any atom is -0.208 e. The van der Waals surface area contributed by atoms with Gasteiger partial charge >= 0.3 is 0 Å². The molecule has 7 aromatic carbocycles. The lowest BCUT2D eigenvalue weighted by Gasteiger charge is -2.15. The van der Waals surface area contributed by atoms with E-state index in [0.29, 0.717) is 17.5 Å². The number of hydrogen-bond acceptors (Lipinski definition) is 3. The zero-order chi connectivity index (χ0) is 28.3. The first-order valence-electron chi connectivity index (χ1n) is 14.7. The van der Waals surface area contributed by atoms with Gasteiger partial charge in [0.2, 0.25) is 0 Å². The third-order valence-corrected chi connectivity index (χ3v) is 8.71. The van der Waals surface area contributed by atoms with Crippen LogP contribution < -0.4 is 0 Å². The van der Waals surface area contributed by atoms with E-state index < -0.39 is 0 Å². The smallest absolute Gasteiger partial charge is 0.164 e. The van der Waals surface area contributed by atoms with E-state index in [0.717, 1.165) is 23.1 Å². The average Bonchev–Trinajstić information content (AvgIpc) is 3.47. The first-order chi connectivity index (χ1) is 21.3. The molecule has 0 unspecified atom stereocenters. The molecule has 0 saturated carbocycles. The number of hydrogen-bond donors (Lipinski definition) is 0. The Morgan fingerprint density at radius 3 is 1.60 bits per heavy atom. The summed E-state index contributed by atoms with van der Waals surface area (Å²) < 4.78 is 0. The van der Waals surface area contributed by atoms with Crippen molar-refractivity contribution in [3.8, 4) is 45.3 Å². The lowest BCUT2D eigenvalue weighted by atomic mass is 9.88. The highest BCUT2D eigenvalue weighted by molar-refractivity contribution is 6.29. The second kappa shape index (κ2) is 9.43. The molecule has 0 N–H and O–H groups in total. The van der Waals surface area contributed by atoms with Crippen LogP contribution in [0.2, 0.25) is 0 Å². The maximum Gasteiger partial charge on any atom is 0.164 e. The number of fused-ring (bicyclic) bond motifs is 10. The number of benzene rings is 7. The second-order valence-corrected chi connectivity index (χ2v) is 11.2. The third-order valence-electron chi connectivity index (χ3n) is 8.71. The molecule has 1 aliphatic rings. The van der Waals surface area contributed by atoms with Crippen molar-refractivity contribution >= 4 is 32.3 Å². The molecular formula is C40H25N3. The molecule has 9 rings (SSSR count). The molecule has 0 amide bonds. The number of aromatic nitrogens is 3. The number of rotatable bonds is 3. The van der Waals surface area contributed by atoms with Gasteiger partial charge in [0.1, 0.15) is 0 Å². The molecule has 1 aliphatic carbocycles. The summed E-state index contributed by atoms with van der Waals surface area (Å²) in [5, 5.41) is 7.59. The first-order valence-corrected chi connectivity index (χ1v) is 14.7. The van der Waals surface area contributed by atoms with E-state index in [2.05, 4.69) is 78.9 Å². The van der Waals surface area contributed by atoms with Gasteiger partial charge in [-0.15, -0.1) is 0 Å². The first kappa shape index (κ1) is 24.0. The minimum absolute atomic E-state index is 0.669. The summed E-state index contributed by atoms with van der Waals surface area (Å²) in [4.78, 5) is 14.9. The maximum absolute atomic E-state index is 5.01. The molecule has 3 nitrogen and oxygen atoms in total. The molecule has 0 spiro atoms. The van der Waals surface area contributed by atoms with Gasteiger partial charge in [-0.2, -0.15) is 0 Å². The Morgan fingerprint density at radius 2 is 0.907 bits per heavy atom. The van der Waals surface area contributed by atoms with Crippen molar-refractivity contribution < 1.29 is 0 Å². The van der Waals surface area contributed by atoms with Crippen LogP contribution in [0.1, 0.15) is 11.1 Å². The molecular weight excluding hydrogens is 522 g/mol. The summed E-state index contributed by atoms with van der Waals surface area (Å²) in [6.45, 7) is 0. The van der Waals surface area contributed by atoms with Gasteiger partial charge in [-0.1, -0.05) is 133 Å². The second-order valence-electron chi connectivity index (χ2n) is 11.2. The van der Waals surface area contributed by atoms with Crippen LogP contribution >= 0.6 is 0 Å². The Kier molecular flexibility index (Phi) is 5.26. The molecule has 3 heteroatoms. The van der Waals surface area contributed by atoms with E-state index in [1.165, 1.54) is 54.6 Å². The zero-order valence-electron chi connectivity index (χ0n) is 23.3. The van der Waals surface area contributed by atoms with E-state index in [9.17, 15) is 0 Å². The van der Waals surface area contributed by atoms with Crippen molar-refractivity contribution in [3.05, 3.63) is 151 Å². The molecule has 0 fully saturated rings. The molecule has 0 atom stereocenters. The topological polar surface area (TPSA) is 38.7 Å². The Morgan fingerprint density at radius 1 is 0.372 bits per heavy atom. The summed E-state index contributed by atoms with van der Waals surface area (Å²) in [5.74, 6) is 2.01. The highest BCUT2D eigenvalue weighted by Crippen LogP contribution is 2.46. The van der Waals surface area contributed by atoms with Gasteiger partial charge in [0.05, 0.1) is 0 Å². The monoisotopic (exact) mass is 547 g/mol. The molecule has 1 aromatic heterocycles. The van der Waals surface area contributed by atoms with Crippen molar-refractivity contribution in [2.24, 2.45) is 0 Å². The Balaban J connectivity index is 1.34. The van der Waals surface area contributed by atoms with Crippen LogP contribution in [0.15, 0.2) is 140 Å². The lowest BCUT2D eigenvalue weighted by molar-refractivity contribution is 1.07. The van der Waals surface area contributed by atoms with E-state index in [4.69, 9.17) is 15.0 Å². The quantitative estimate of drug-likeness (QED) is 0.207. The molecule has 0 aliphatic heterocycles. The van der Waals surface area contributed by atoms with Crippen molar-refractivity contribution in [2.75, 3.05) is 0 Å². The van der Waals surface area contributed by atoms with Gasteiger partial charge in [0, 0.05) is 16.7 Å². The molecule has 0 saturated heterocycles. The van der Waals surface area contributed by atoms with E-state index in [1.54, 1.807) is 0 Å². The standard InChI is InChI=1S/C40H25N3/c1-3-11-25(12-4-1)38-41-39(26-13-5-2-6-14-26)43-40(42-38)29-20-22-34-35(24-29)32-18-10-9-17-31(32)33-21-19-28-23-27-15-7-8-16-30(27)36(28)37(33)34/h1-22,24H,23H2. The summed E-state index contributed by atoms with van der Waals surface area (Å²) in [5.41, 5.74) is 8.42. The average molecular weight is 548 g/mol. The SMILES string of the molecule is c1ccc(-c2nc(-c3ccccc3)nc(-c3ccc4c(c3)c3ccccc3c3ccc5c(c34)-c3ccccc3C5)n2)cc1.